The molecule has 2 N–H and O–H groups in total. The van der Waals surface area contributed by atoms with Gasteiger partial charge in [0.2, 0.25) is 0 Å². The maximum Gasteiger partial charge on any atom is 0.155 e. The van der Waals surface area contributed by atoms with Gasteiger partial charge in [0.25, 0.3) is 0 Å². The highest BCUT2D eigenvalue weighted by atomic mass is 16.3. The van der Waals surface area contributed by atoms with Gasteiger partial charge >= 0.3 is 0 Å². The Kier molecular flexibility index (Phi) is 3.66. The van der Waals surface area contributed by atoms with E-state index in [1.165, 1.54) is 0 Å². The van der Waals surface area contributed by atoms with E-state index in [0.29, 0.717) is 19.3 Å². The van der Waals surface area contributed by atoms with Crippen LogP contribution in [0.1, 0.15) is 65.7 Å². The van der Waals surface area contributed by atoms with Gasteiger partial charge in [0.15, 0.2) is 5.78 Å². The zero-order valence-corrected chi connectivity index (χ0v) is 15.5. The van der Waals surface area contributed by atoms with Crippen LogP contribution in [-0.4, -0.2) is 33.5 Å². The molecular weight excluding hydrogens is 316 g/mol. The van der Waals surface area contributed by atoms with Gasteiger partial charge in [0, 0.05) is 23.7 Å². The second-order valence-corrected chi connectivity index (χ2v) is 9.54. The van der Waals surface area contributed by atoms with Crippen molar-refractivity contribution in [1.29, 1.82) is 0 Å². The fraction of sp³-hybridized carbons (Fsp3) is 0.810. The van der Waals surface area contributed by atoms with Crippen LogP contribution < -0.4 is 0 Å². The number of carbonyl (C=O) groups excluding carboxylic acids is 2. The summed E-state index contributed by atoms with van der Waals surface area (Å²) >= 11 is 0. The van der Waals surface area contributed by atoms with Crippen LogP contribution in [-0.2, 0) is 9.59 Å². The number of aliphatic hydroxyl groups excluding tert-OH is 1. The van der Waals surface area contributed by atoms with Crippen LogP contribution >= 0.6 is 0 Å². The molecule has 0 amide bonds. The smallest absolute Gasteiger partial charge is 0.155 e. The summed E-state index contributed by atoms with van der Waals surface area (Å²) in [6.07, 6.45) is 6.02. The Hall–Kier alpha value is -1.00. The lowest BCUT2D eigenvalue weighted by Gasteiger charge is -2.62. The van der Waals surface area contributed by atoms with Crippen LogP contribution in [0.3, 0.4) is 0 Å². The Morgan fingerprint density at radius 3 is 2.60 bits per heavy atom. The Morgan fingerprint density at radius 1 is 1.20 bits per heavy atom. The number of hydrogen-bond acceptors (Lipinski definition) is 4. The summed E-state index contributed by atoms with van der Waals surface area (Å²) in [4.78, 5) is 24.1. The predicted octanol–water partition coefficient (Wildman–Crippen LogP) is 2.81. The van der Waals surface area contributed by atoms with E-state index in [2.05, 4.69) is 13.8 Å². The predicted molar refractivity (Wildman–Crippen MR) is 93.7 cm³/mol. The molecule has 4 aliphatic carbocycles. The molecule has 3 saturated carbocycles. The molecule has 0 bridgehead atoms. The van der Waals surface area contributed by atoms with Crippen molar-refractivity contribution in [3.63, 3.8) is 0 Å². The second kappa shape index (κ2) is 5.26. The quantitative estimate of drug-likeness (QED) is 0.766. The first-order chi connectivity index (χ1) is 11.6. The maximum absolute atomic E-state index is 12.2. The summed E-state index contributed by atoms with van der Waals surface area (Å²) in [5.74, 6) is 0.195. The van der Waals surface area contributed by atoms with Gasteiger partial charge in [-0.25, -0.2) is 0 Å². The molecule has 0 aliphatic heterocycles. The highest BCUT2D eigenvalue weighted by Crippen LogP contribution is 2.68. The van der Waals surface area contributed by atoms with Crippen molar-refractivity contribution in [2.45, 2.75) is 77.4 Å². The monoisotopic (exact) mass is 346 g/mol. The molecule has 3 fully saturated rings. The normalized spacial score (nSPS) is 52.0. The fourth-order valence-electron chi connectivity index (χ4n) is 7.17. The average molecular weight is 346 g/mol. The molecule has 4 rings (SSSR count). The maximum atomic E-state index is 12.2. The summed E-state index contributed by atoms with van der Waals surface area (Å²) in [6.45, 7) is 5.92. The summed E-state index contributed by atoms with van der Waals surface area (Å²) in [7, 11) is 0. The lowest BCUT2D eigenvalue weighted by molar-refractivity contribution is -0.212. The molecule has 4 nitrogen and oxygen atoms in total. The van der Waals surface area contributed by atoms with Gasteiger partial charge in [-0.3, -0.25) is 9.59 Å². The first kappa shape index (κ1) is 17.4. The van der Waals surface area contributed by atoms with E-state index < -0.39 is 17.1 Å². The van der Waals surface area contributed by atoms with Crippen LogP contribution in [0.2, 0.25) is 0 Å². The van der Waals surface area contributed by atoms with Crippen molar-refractivity contribution in [2.75, 3.05) is 0 Å². The Morgan fingerprint density at radius 2 is 1.92 bits per heavy atom. The van der Waals surface area contributed by atoms with Crippen molar-refractivity contribution in [3.8, 4) is 0 Å². The lowest BCUT2D eigenvalue weighted by Crippen LogP contribution is -2.64. The van der Waals surface area contributed by atoms with Crippen LogP contribution in [0.15, 0.2) is 11.6 Å². The molecule has 4 heteroatoms. The topological polar surface area (TPSA) is 74.6 Å². The van der Waals surface area contributed by atoms with Gasteiger partial charge in [0.1, 0.15) is 5.78 Å². The minimum atomic E-state index is -0.984. The van der Waals surface area contributed by atoms with Crippen molar-refractivity contribution < 1.29 is 19.8 Å². The van der Waals surface area contributed by atoms with E-state index in [1.54, 1.807) is 13.0 Å². The van der Waals surface area contributed by atoms with Gasteiger partial charge in [0.05, 0.1) is 11.7 Å². The molecule has 0 aromatic rings. The summed E-state index contributed by atoms with van der Waals surface area (Å²) < 4.78 is 0. The van der Waals surface area contributed by atoms with Crippen molar-refractivity contribution in [2.24, 2.45) is 28.6 Å². The fourth-order valence-corrected chi connectivity index (χ4v) is 7.17. The van der Waals surface area contributed by atoms with Crippen LogP contribution in [0, 0.1) is 28.6 Å². The number of rotatable bonds is 1. The molecule has 7 atom stereocenters. The Balaban J connectivity index is 1.78. The molecule has 0 aromatic carbocycles. The summed E-state index contributed by atoms with van der Waals surface area (Å²) in [5, 5.41) is 22.8. The highest BCUT2D eigenvalue weighted by molar-refractivity contribution is 5.91. The number of hydrogen-bond donors (Lipinski definition) is 2. The number of fused-ring (bicyclic) bond motifs is 5. The standard InChI is InChI=1S/C21H30O4/c1-12(22)15-6-9-21(25)18-16(5-8-20(15,21)3)19(2)7-4-14(23)10-13(19)11-17(18)24/h10,15-18,24-25H,4-9,11H2,1-3H3/t15-,16+,17-,18+,19+,20-,21-/m1/s1. The molecule has 0 heterocycles. The molecule has 0 spiro atoms. The third-order valence-corrected chi connectivity index (χ3v) is 8.64. The Labute approximate surface area is 149 Å². The number of Topliss-reactive ketones (excluding diaryl/α,β-unsaturated/α-hetero) is 1. The lowest BCUT2D eigenvalue weighted by atomic mass is 9.44. The van der Waals surface area contributed by atoms with Crippen LogP contribution in [0.4, 0.5) is 0 Å². The van der Waals surface area contributed by atoms with E-state index in [0.717, 1.165) is 31.3 Å². The van der Waals surface area contributed by atoms with Crippen molar-refractivity contribution in [3.05, 3.63) is 11.6 Å². The SMILES string of the molecule is CC(=O)[C@H]1CC[C@@]2(O)[C@@H]3[C@H](O)CC4=CC(=O)CC[C@]4(C)[C@H]3CC[C@]12C. The van der Waals surface area contributed by atoms with E-state index in [-0.39, 0.29) is 34.7 Å². The molecule has 0 aromatic heterocycles. The van der Waals surface area contributed by atoms with Gasteiger partial charge in [-0.2, -0.15) is 0 Å². The van der Waals surface area contributed by atoms with Crippen LogP contribution in [0.5, 0.6) is 0 Å². The highest BCUT2D eigenvalue weighted by Gasteiger charge is 2.69. The zero-order chi connectivity index (χ0) is 18.2. The zero-order valence-electron chi connectivity index (χ0n) is 15.5. The largest absolute Gasteiger partial charge is 0.392 e. The van der Waals surface area contributed by atoms with Crippen LogP contribution in [0.25, 0.3) is 0 Å². The van der Waals surface area contributed by atoms with E-state index in [4.69, 9.17) is 0 Å². The van der Waals surface area contributed by atoms with E-state index in [9.17, 15) is 19.8 Å². The molecule has 0 saturated heterocycles. The molecule has 0 unspecified atom stereocenters. The molecular formula is C21H30O4. The number of carbonyl (C=O) groups is 2. The first-order valence-electron chi connectivity index (χ1n) is 9.78. The third kappa shape index (κ3) is 2.07. The molecule has 4 aliphatic rings. The molecule has 0 radical (unpaired) electrons. The van der Waals surface area contributed by atoms with Gasteiger partial charge in [-0.05, 0) is 62.9 Å². The van der Waals surface area contributed by atoms with Crippen molar-refractivity contribution >= 4 is 11.6 Å². The Bertz CT molecular complexity index is 667. The minimum absolute atomic E-state index is 0.108. The van der Waals surface area contributed by atoms with Gasteiger partial charge in [-0.1, -0.05) is 19.4 Å². The molecule has 25 heavy (non-hydrogen) atoms. The summed E-state index contributed by atoms with van der Waals surface area (Å²) in [5.41, 5.74) is -0.459. The first-order valence-corrected chi connectivity index (χ1v) is 9.78. The van der Waals surface area contributed by atoms with Crippen molar-refractivity contribution in [1.82, 2.24) is 0 Å². The van der Waals surface area contributed by atoms with E-state index in [1.807, 2.05) is 0 Å². The average Bonchev–Trinajstić information content (AvgIpc) is 2.81. The number of ketones is 2. The van der Waals surface area contributed by atoms with E-state index >= 15 is 0 Å². The second-order valence-electron chi connectivity index (χ2n) is 9.54. The van der Waals surface area contributed by atoms with Gasteiger partial charge in [-0.15, -0.1) is 0 Å². The summed E-state index contributed by atoms with van der Waals surface area (Å²) in [6, 6.07) is 0. The minimum Gasteiger partial charge on any atom is -0.392 e. The number of aliphatic hydroxyl groups is 2. The molecule has 138 valence electrons. The third-order valence-electron chi connectivity index (χ3n) is 8.64. The van der Waals surface area contributed by atoms with Gasteiger partial charge < -0.3 is 10.2 Å².